The van der Waals surface area contributed by atoms with E-state index in [2.05, 4.69) is 39.7 Å². The Morgan fingerprint density at radius 1 is 0.955 bits per heavy atom. The highest BCUT2D eigenvalue weighted by Gasteiger charge is 2.53. The highest BCUT2D eigenvalue weighted by Crippen LogP contribution is 2.37. The molecule has 1 aromatic heterocycles. The Hall–Kier alpha value is -1.59. The summed E-state index contributed by atoms with van der Waals surface area (Å²) in [5.74, 6) is 0. The van der Waals surface area contributed by atoms with Crippen LogP contribution in [0.1, 0.15) is 39.1 Å². The van der Waals surface area contributed by atoms with Crippen molar-refractivity contribution >= 4 is 12.6 Å². The quantitative estimate of drug-likeness (QED) is 0.800. The lowest BCUT2D eigenvalue weighted by Gasteiger charge is -2.32. The number of hydrogen-bond donors (Lipinski definition) is 0. The molecule has 0 amide bonds. The van der Waals surface area contributed by atoms with Crippen molar-refractivity contribution in [1.82, 2.24) is 9.78 Å². The molecule has 1 aliphatic heterocycles. The van der Waals surface area contributed by atoms with E-state index in [0.717, 1.165) is 22.5 Å². The van der Waals surface area contributed by atoms with Crippen molar-refractivity contribution in [2.45, 2.75) is 52.7 Å². The topological polar surface area (TPSA) is 36.3 Å². The lowest BCUT2D eigenvalue weighted by Crippen LogP contribution is -2.41. The molecule has 116 valence electrons. The van der Waals surface area contributed by atoms with Crippen molar-refractivity contribution in [3.05, 3.63) is 41.7 Å². The van der Waals surface area contributed by atoms with E-state index in [4.69, 9.17) is 9.31 Å². The molecule has 4 nitrogen and oxygen atoms in total. The molecule has 0 spiro atoms. The summed E-state index contributed by atoms with van der Waals surface area (Å²) in [5.41, 5.74) is 3.40. The van der Waals surface area contributed by atoms with Crippen LogP contribution in [0.5, 0.6) is 0 Å². The minimum Gasteiger partial charge on any atom is -0.399 e. The molecule has 0 radical (unpaired) electrons. The second-order valence-corrected chi connectivity index (χ2v) is 6.92. The van der Waals surface area contributed by atoms with Crippen molar-refractivity contribution in [1.29, 1.82) is 0 Å². The SMILES string of the molecule is Cc1nn(-c2ccccc2)c(C)c1B1OC(C)(C)C(C)(C)O1. The maximum absolute atomic E-state index is 6.19. The van der Waals surface area contributed by atoms with Crippen LogP contribution >= 0.6 is 0 Å². The average Bonchev–Trinajstić information content (AvgIpc) is 2.84. The van der Waals surface area contributed by atoms with Gasteiger partial charge in [0.15, 0.2) is 0 Å². The zero-order chi connectivity index (χ0) is 16.1. The first-order valence-corrected chi connectivity index (χ1v) is 7.70. The van der Waals surface area contributed by atoms with E-state index in [1.807, 2.05) is 41.9 Å². The Morgan fingerprint density at radius 3 is 2.05 bits per heavy atom. The van der Waals surface area contributed by atoms with E-state index in [1.54, 1.807) is 0 Å². The van der Waals surface area contributed by atoms with Crippen LogP contribution in [0.2, 0.25) is 0 Å². The van der Waals surface area contributed by atoms with Crippen molar-refractivity contribution < 1.29 is 9.31 Å². The van der Waals surface area contributed by atoms with E-state index >= 15 is 0 Å². The van der Waals surface area contributed by atoms with E-state index in [-0.39, 0.29) is 18.3 Å². The molecule has 5 heteroatoms. The largest absolute Gasteiger partial charge is 0.498 e. The van der Waals surface area contributed by atoms with Crippen molar-refractivity contribution in [3.63, 3.8) is 0 Å². The molecular formula is C17H23BN2O2. The summed E-state index contributed by atoms with van der Waals surface area (Å²) in [6.07, 6.45) is 0. The summed E-state index contributed by atoms with van der Waals surface area (Å²) in [7, 11) is -0.373. The highest BCUT2D eigenvalue weighted by molar-refractivity contribution is 6.63. The molecule has 1 aromatic carbocycles. The molecule has 0 bridgehead atoms. The molecule has 1 saturated heterocycles. The maximum atomic E-state index is 6.19. The summed E-state index contributed by atoms with van der Waals surface area (Å²) in [5, 5.41) is 4.68. The highest BCUT2D eigenvalue weighted by atomic mass is 16.7. The maximum Gasteiger partial charge on any atom is 0.498 e. The van der Waals surface area contributed by atoms with Gasteiger partial charge in [-0.05, 0) is 53.7 Å². The predicted molar refractivity (Wildman–Crippen MR) is 88.8 cm³/mol. The van der Waals surface area contributed by atoms with Crippen LogP contribution in [0.3, 0.4) is 0 Å². The Kier molecular flexibility index (Phi) is 3.46. The second kappa shape index (κ2) is 4.96. The summed E-state index contributed by atoms with van der Waals surface area (Å²) in [6.45, 7) is 12.3. The lowest BCUT2D eigenvalue weighted by molar-refractivity contribution is 0.00578. The monoisotopic (exact) mass is 298 g/mol. The lowest BCUT2D eigenvalue weighted by atomic mass is 9.77. The fourth-order valence-corrected chi connectivity index (χ4v) is 2.78. The van der Waals surface area contributed by atoms with Crippen LogP contribution in [0.4, 0.5) is 0 Å². The summed E-state index contributed by atoms with van der Waals surface area (Å²) in [4.78, 5) is 0. The molecule has 0 atom stereocenters. The van der Waals surface area contributed by atoms with E-state index < -0.39 is 0 Å². The van der Waals surface area contributed by atoms with Crippen LogP contribution < -0.4 is 5.46 Å². The third-order valence-electron chi connectivity index (χ3n) is 4.84. The molecule has 0 saturated carbocycles. The predicted octanol–water partition coefficient (Wildman–Crippen LogP) is 2.79. The van der Waals surface area contributed by atoms with Crippen LogP contribution in [0.15, 0.2) is 30.3 Å². The van der Waals surface area contributed by atoms with Gasteiger partial charge in [-0.2, -0.15) is 5.10 Å². The number of aryl methyl sites for hydroxylation is 1. The van der Waals surface area contributed by atoms with Crippen LogP contribution in [0, 0.1) is 13.8 Å². The molecule has 0 unspecified atom stereocenters. The van der Waals surface area contributed by atoms with Gasteiger partial charge in [-0.25, -0.2) is 4.68 Å². The Labute approximate surface area is 132 Å². The number of hydrogen-bond acceptors (Lipinski definition) is 3. The van der Waals surface area contributed by atoms with Gasteiger partial charge in [-0.3, -0.25) is 0 Å². The molecule has 2 heterocycles. The Balaban J connectivity index is 2.02. The smallest absolute Gasteiger partial charge is 0.399 e. The van der Waals surface area contributed by atoms with Gasteiger partial charge in [-0.1, -0.05) is 18.2 Å². The molecule has 0 N–H and O–H groups in total. The molecular weight excluding hydrogens is 275 g/mol. The molecule has 1 aliphatic rings. The minimum absolute atomic E-state index is 0.342. The number of rotatable bonds is 2. The summed E-state index contributed by atoms with van der Waals surface area (Å²) in [6, 6.07) is 10.1. The van der Waals surface area contributed by atoms with Crippen molar-refractivity contribution in [2.75, 3.05) is 0 Å². The number of benzene rings is 1. The normalized spacial score (nSPS) is 19.6. The minimum atomic E-state index is -0.373. The molecule has 1 fully saturated rings. The second-order valence-electron chi connectivity index (χ2n) is 6.92. The van der Waals surface area contributed by atoms with Gasteiger partial charge in [0.1, 0.15) is 0 Å². The van der Waals surface area contributed by atoms with Gasteiger partial charge in [-0.15, -0.1) is 0 Å². The van der Waals surface area contributed by atoms with Gasteiger partial charge < -0.3 is 9.31 Å². The first kappa shape index (κ1) is 15.3. The summed E-state index contributed by atoms with van der Waals surface area (Å²) < 4.78 is 14.3. The number of aromatic nitrogens is 2. The van der Waals surface area contributed by atoms with E-state index in [0.29, 0.717) is 0 Å². The third kappa shape index (κ3) is 2.29. The Morgan fingerprint density at radius 2 is 1.50 bits per heavy atom. The van der Waals surface area contributed by atoms with Crippen LogP contribution in [-0.4, -0.2) is 28.1 Å². The molecule has 0 aliphatic carbocycles. The molecule has 2 aromatic rings. The van der Waals surface area contributed by atoms with Gasteiger partial charge in [0.2, 0.25) is 0 Å². The fraction of sp³-hybridized carbons (Fsp3) is 0.471. The van der Waals surface area contributed by atoms with E-state index in [9.17, 15) is 0 Å². The van der Waals surface area contributed by atoms with Gasteiger partial charge in [0.25, 0.3) is 0 Å². The van der Waals surface area contributed by atoms with Crippen LogP contribution in [-0.2, 0) is 9.31 Å². The van der Waals surface area contributed by atoms with Crippen molar-refractivity contribution in [2.24, 2.45) is 0 Å². The zero-order valence-electron chi connectivity index (χ0n) is 14.2. The fourth-order valence-electron chi connectivity index (χ4n) is 2.78. The first-order chi connectivity index (χ1) is 10.2. The van der Waals surface area contributed by atoms with E-state index in [1.165, 1.54) is 0 Å². The van der Waals surface area contributed by atoms with Gasteiger partial charge in [0.05, 0.1) is 22.6 Å². The standard InChI is InChI=1S/C17H23BN2O2/c1-12-15(18-21-16(3,4)17(5,6)22-18)13(2)20(19-12)14-10-8-7-9-11-14/h7-11H,1-6H3. The van der Waals surface area contributed by atoms with Gasteiger partial charge >= 0.3 is 7.12 Å². The van der Waals surface area contributed by atoms with Crippen molar-refractivity contribution in [3.8, 4) is 5.69 Å². The summed E-state index contributed by atoms with van der Waals surface area (Å²) >= 11 is 0. The molecule has 3 rings (SSSR count). The number of para-hydroxylation sites is 1. The van der Waals surface area contributed by atoms with Gasteiger partial charge in [0, 0.05) is 11.2 Å². The van der Waals surface area contributed by atoms with Crippen LogP contribution in [0.25, 0.3) is 5.69 Å². The average molecular weight is 298 g/mol. The Bertz CT molecular complexity index is 676. The first-order valence-electron chi connectivity index (χ1n) is 7.70. The number of nitrogens with zero attached hydrogens (tertiary/aromatic N) is 2. The molecule has 22 heavy (non-hydrogen) atoms. The third-order valence-corrected chi connectivity index (χ3v) is 4.84. The zero-order valence-corrected chi connectivity index (χ0v) is 14.2.